The standard InChI is InChI=1S/C23H17F4NO3/c24-19-8-2-4-15(11-19)12-20(21(29)17-6-3-9-28-13-17)22(30)31-14-16-5-1-7-18(10-16)23(25,26)27/h1-13,21,29H,14H2. The van der Waals surface area contributed by atoms with E-state index in [1.165, 1.54) is 54.9 Å². The van der Waals surface area contributed by atoms with E-state index in [4.69, 9.17) is 4.74 Å². The van der Waals surface area contributed by atoms with Gasteiger partial charge in [0.25, 0.3) is 0 Å². The molecule has 8 heteroatoms. The van der Waals surface area contributed by atoms with Gasteiger partial charge in [-0.25, -0.2) is 9.18 Å². The molecule has 31 heavy (non-hydrogen) atoms. The fourth-order valence-electron chi connectivity index (χ4n) is 2.81. The molecule has 0 spiro atoms. The lowest BCUT2D eigenvalue weighted by atomic mass is 10.0. The van der Waals surface area contributed by atoms with Gasteiger partial charge >= 0.3 is 12.1 Å². The number of hydrogen-bond donors (Lipinski definition) is 1. The molecule has 4 nitrogen and oxygen atoms in total. The normalized spacial score (nSPS) is 13.0. The van der Waals surface area contributed by atoms with Crippen LogP contribution in [0.3, 0.4) is 0 Å². The highest BCUT2D eigenvalue weighted by molar-refractivity contribution is 5.95. The monoisotopic (exact) mass is 431 g/mol. The van der Waals surface area contributed by atoms with Crippen molar-refractivity contribution >= 4 is 12.0 Å². The Kier molecular flexibility index (Phi) is 6.81. The lowest BCUT2D eigenvalue weighted by molar-refractivity contribution is -0.141. The molecule has 0 fully saturated rings. The minimum atomic E-state index is -4.53. The first kappa shape index (κ1) is 22.2. The van der Waals surface area contributed by atoms with Gasteiger partial charge in [-0.3, -0.25) is 4.98 Å². The average molecular weight is 431 g/mol. The molecule has 3 rings (SSSR count). The minimum absolute atomic E-state index is 0.129. The SMILES string of the molecule is O=C(OCc1cccc(C(F)(F)F)c1)C(=Cc1cccc(F)c1)C(O)c1cccnc1. The van der Waals surface area contributed by atoms with Crippen LogP contribution in [0.2, 0.25) is 0 Å². The number of aliphatic hydroxyl groups is 1. The van der Waals surface area contributed by atoms with Crippen LogP contribution >= 0.6 is 0 Å². The summed E-state index contributed by atoms with van der Waals surface area (Å²) < 4.78 is 57.3. The zero-order chi connectivity index (χ0) is 22.4. The number of aliphatic hydroxyl groups excluding tert-OH is 1. The summed E-state index contributed by atoms with van der Waals surface area (Å²) in [4.78, 5) is 16.6. The van der Waals surface area contributed by atoms with E-state index in [-0.39, 0.29) is 11.1 Å². The van der Waals surface area contributed by atoms with Crippen molar-refractivity contribution in [3.8, 4) is 0 Å². The maximum absolute atomic E-state index is 13.5. The summed E-state index contributed by atoms with van der Waals surface area (Å²) in [5, 5.41) is 10.7. The van der Waals surface area contributed by atoms with Gasteiger partial charge in [-0.05, 0) is 47.5 Å². The maximum atomic E-state index is 13.5. The van der Waals surface area contributed by atoms with Crippen LogP contribution in [-0.4, -0.2) is 16.1 Å². The van der Waals surface area contributed by atoms with Crippen molar-refractivity contribution in [3.63, 3.8) is 0 Å². The Hall–Kier alpha value is -3.52. The Morgan fingerprint density at radius 3 is 2.55 bits per heavy atom. The van der Waals surface area contributed by atoms with E-state index in [2.05, 4.69) is 4.98 Å². The molecule has 0 amide bonds. The molecule has 1 aromatic heterocycles. The van der Waals surface area contributed by atoms with E-state index in [0.29, 0.717) is 11.1 Å². The van der Waals surface area contributed by atoms with Gasteiger partial charge < -0.3 is 9.84 Å². The summed E-state index contributed by atoms with van der Waals surface area (Å²) in [5.74, 6) is -1.50. The van der Waals surface area contributed by atoms with Crippen LogP contribution in [-0.2, 0) is 22.3 Å². The van der Waals surface area contributed by atoms with Crippen LogP contribution in [0, 0.1) is 5.82 Å². The number of pyridine rings is 1. The number of benzene rings is 2. The molecule has 2 aromatic carbocycles. The number of esters is 1. The number of carbonyl (C=O) groups is 1. The molecule has 0 aliphatic carbocycles. The minimum Gasteiger partial charge on any atom is -0.457 e. The van der Waals surface area contributed by atoms with Gasteiger partial charge in [-0.2, -0.15) is 13.2 Å². The molecule has 0 saturated carbocycles. The topological polar surface area (TPSA) is 59.4 Å². The Morgan fingerprint density at radius 1 is 1.10 bits per heavy atom. The molecule has 3 aromatic rings. The number of carbonyl (C=O) groups excluding carboxylic acids is 1. The van der Waals surface area contributed by atoms with Crippen LogP contribution in [0.15, 0.2) is 78.6 Å². The van der Waals surface area contributed by atoms with Crippen molar-refractivity contribution in [2.45, 2.75) is 18.9 Å². The van der Waals surface area contributed by atoms with E-state index in [1.54, 1.807) is 6.07 Å². The summed E-state index contributed by atoms with van der Waals surface area (Å²) in [6, 6.07) is 12.8. The van der Waals surface area contributed by atoms with E-state index in [0.717, 1.165) is 18.2 Å². The molecule has 0 radical (unpaired) electrons. The lowest BCUT2D eigenvalue weighted by Crippen LogP contribution is -2.15. The Bertz CT molecular complexity index is 1080. The van der Waals surface area contributed by atoms with E-state index in [1.807, 2.05) is 0 Å². The van der Waals surface area contributed by atoms with Gasteiger partial charge in [0.15, 0.2) is 0 Å². The Morgan fingerprint density at radius 2 is 1.87 bits per heavy atom. The molecule has 1 heterocycles. The van der Waals surface area contributed by atoms with Gasteiger partial charge in [0.2, 0.25) is 0 Å². The van der Waals surface area contributed by atoms with Gasteiger partial charge in [0.1, 0.15) is 18.5 Å². The number of rotatable bonds is 6. The number of aromatic nitrogens is 1. The maximum Gasteiger partial charge on any atom is 0.416 e. The van der Waals surface area contributed by atoms with Crippen LogP contribution in [0.4, 0.5) is 17.6 Å². The van der Waals surface area contributed by atoms with Crippen LogP contribution in [0.25, 0.3) is 6.08 Å². The fraction of sp³-hybridized carbons (Fsp3) is 0.130. The smallest absolute Gasteiger partial charge is 0.416 e. The molecule has 1 unspecified atom stereocenters. The third-order valence-electron chi connectivity index (χ3n) is 4.33. The second-order valence-electron chi connectivity index (χ2n) is 6.62. The third kappa shape index (κ3) is 5.99. The molecule has 0 saturated heterocycles. The number of alkyl halides is 3. The summed E-state index contributed by atoms with van der Waals surface area (Å²) in [6.07, 6.45) is -1.87. The first-order chi connectivity index (χ1) is 14.7. The number of nitrogens with zero attached hydrogens (tertiary/aromatic N) is 1. The average Bonchev–Trinajstić information content (AvgIpc) is 2.75. The molecule has 1 N–H and O–H groups in total. The molecule has 0 bridgehead atoms. The van der Waals surface area contributed by atoms with Gasteiger partial charge in [-0.1, -0.05) is 30.3 Å². The van der Waals surface area contributed by atoms with Gasteiger partial charge in [0, 0.05) is 18.0 Å². The summed E-state index contributed by atoms with van der Waals surface area (Å²) in [5.41, 5.74) is -0.364. The van der Waals surface area contributed by atoms with Crippen molar-refractivity contribution in [1.29, 1.82) is 0 Å². The van der Waals surface area contributed by atoms with Crippen molar-refractivity contribution in [2.75, 3.05) is 0 Å². The van der Waals surface area contributed by atoms with Gasteiger partial charge in [0.05, 0.1) is 11.1 Å². The van der Waals surface area contributed by atoms with Crippen molar-refractivity contribution in [3.05, 3.63) is 107 Å². The van der Waals surface area contributed by atoms with E-state index in [9.17, 15) is 27.5 Å². The zero-order valence-electron chi connectivity index (χ0n) is 16.0. The zero-order valence-corrected chi connectivity index (χ0v) is 16.0. The predicted octanol–water partition coefficient (Wildman–Crippen LogP) is 5.10. The first-order valence-corrected chi connectivity index (χ1v) is 9.12. The Balaban J connectivity index is 1.86. The summed E-state index contributed by atoms with van der Waals surface area (Å²) >= 11 is 0. The molecule has 1 atom stereocenters. The highest BCUT2D eigenvalue weighted by atomic mass is 19.4. The Labute approximate surface area is 175 Å². The van der Waals surface area contributed by atoms with Crippen LogP contribution in [0.5, 0.6) is 0 Å². The molecule has 0 aliphatic rings. The second-order valence-corrected chi connectivity index (χ2v) is 6.62. The highest BCUT2D eigenvalue weighted by Crippen LogP contribution is 2.30. The van der Waals surface area contributed by atoms with E-state index < -0.39 is 36.2 Å². The first-order valence-electron chi connectivity index (χ1n) is 9.12. The second kappa shape index (κ2) is 9.53. The number of ether oxygens (including phenoxy) is 1. The van der Waals surface area contributed by atoms with Crippen molar-refractivity contribution in [1.82, 2.24) is 4.98 Å². The van der Waals surface area contributed by atoms with Crippen LogP contribution < -0.4 is 0 Å². The summed E-state index contributed by atoms with van der Waals surface area (Å²) in [6.45, 7) is -0.441. The largest absolute Gasteiger partial charge is 0.457 e. The molecular weight excluding hydrogens is 414 g/mol. The predicted molar refractivity (Wildman–Crippen MR) is 105 cm³/mol. The number of halogens is 4. The molecular formula is C23H17F4NO3. The lowest BCUT2D eigenvalue weighted by Gasteiger charge is -2.15. The van der Waals surface area contributed by atoms with Gasteiger partial charge in [-0.15, -0.1) is 0 Å². The quantitative estimate of drug-likeness (QED) is 0.335. The molecule has 160 valence electrons. The third-order valence-corrected chi connectivity index (χ3v) is 4.33. The number of hydrogen-bond acceptors (Lipinski definition) is 4. The fourth-order valence-corrected chi connectivity index (χ4v) is 2.81. The summed E-state index contributed by atoms with van der Waals surface area (Å²) in [7, 11) is 0. The van der Waals surface area contributed by atoms with Crippen molar-refractivity contribution < 1.29 is 32.2 Å². The van der Waals surface area contributed by atoms with Crippen molar-refractivity contribution in [2.24, 2.45) is 0 Å². The highest BCUT2D eigenvalue weighted by Gasteiger charge is 2.30. The van der Waals surface area contributed by atoms with E-state index >= 15 is 0 Å². The van der Waals surface area contributed by atoms with Crippen LogP contribution in [0.1, 0.15) is 28.4 Å². The molecule has 0 aliphatic heterocycles.